The zero-order valence-electron chi connectivity index (χ0n) is 9.29. The first-order valence-corrected chi connectivity index (χ1v) is 7.20. The maximum absolute atomic E-state index is 13.6. The lowest BCUT2D eigenvalue weighted by Gasteiger charge is -2.15. The van der Waals surface area contributed by atoms with E-state index in [1.807, 2.05) is 11.4 Å². The van der Waals surface area contributed by atoms with Gasteiger partial charge < -0.3 is 0 Å². The van der Waals surface area contributed by atoms with Gasteiger partial charge in [0, 0.05) is 0 Å². The SMILES string of the molecule is NNC(Cc1cc(F)ccc1F)c1csc(I)c1. The van der Waals surface area contributed by atoms with Gasteiger partial charge >= 0.3 is 0 Å². The molecule has 0 aliphatic rings. The smallest absolute Gasteiger partial charge is 0.126 e. The summed E-state index contributed by atoms with van der Waals surface area (Å²) in [4.78, 5) is 0. The molecular formula is C12H11F2IN2S. The van der Waals surface area contributed by atoms with Crippen LogP contribution in [-0.4, -0.2) is 0 Å². The number of hydrogen-bond donors (Lipinski definition) is 2. The number of nitrogens with one attached hydrogen (secondary N) is 1. The topological polar surface area (TPSA) is 38.0 Å². The third-order valence-electron chi connectivity index (χ3n) is 2.62. The maximum atomic E-state index is 13.6. The molecule has 2 aromatic rings. The molecule has 0 radical (unpaired) electrons. The fourth-order valence-electron chi connectivity index (χ4n) is 1.70. The predicted molar refractivity (Wildman–Crippen MR) is 77.2 cm³/mol. The zero-order chi connectivity index (χ0) is 13.1. The number of hydrogen-bond acceptors (Lipinski definition) is 3. The fourth-order valence-corrected chi connectivity index (χ4v) is 3.12. The van der Waals surface area contributed by atoms with E-state index >= 15 is 0 Å². The molecule has 0 bridgehead atoms. The van der Waals surface area contributed by atoms with Gasteiger partial charge in [-0.05, 0) is 69.8 Å². The summed E-state index contributed by atoms with van der Waals surface area (Å²) in [6.07, 6.45) is 0.312. The minimum atomic E-state index is -0.443. The molecule has 0 fully saturated rings. The van der Waals surface area contributed by atoms with Crippen molar-refractivity contribution >= 4 is 33.9 Å². The summed E-state index contributed by atoms with van der Waals surface area (Å²) in [5.41, 5.74) is 3.94. The molecule has 0 aliphatic heterocycles. The van der Waals surface area contributed by atoms with Crippen LogP contribution in [0.15, 0.2) is 29.6 Å². The van der Waals surface area contributed by atoms with Crippen LogP contribution in [0.25, 0.3) is 0 Å². The summed E-state index contributed by atoms with van der Waals surface area (Å²) in [5, 5.41) is 1.96. The summed E-state index contributed by atoms with van der Waals surface area (Å²) in [7, 11) is 0. The predicted octanol–water partition coefficient (Wildman–Crippen LogP) is 3.38. The Balaban J connectivity index is 2.22. The second-order valence-corrected chi connectivity index (χ2v) is 6.65. The summed E-state index contributed by atoms with van der Waals surface area (Å²) in [5.74, 6) is 4.63. The van der Waals surface area contributed by atoms with Crippen LogP contribution in [0.2, 0.25) is 0 Å². The monoisotopic (exact) mass is 380 g/mol. The van der Waals surface area contributed by atoms with Crippen molar-refractivity contribution in [3.63, 3.8) is 0 Å². The van der Waals surface area contributed by atoms with Gasteiger partial charge in [0.15, 0.2) is 0 Å². The van der Waals surface area contributed by atoms with E-state index in [9.17, 15) is 8.78 Å². The van der Waals surface area contributed by atoms with Crippen LogP contribution in [0, 0.1) is 14.5 Å². The molecular weight excluding hydrogens is 369 g/mol. The third kappa shape index (κ3) is 3.25. The normalized spacial score (nSPS) is 12.7. The quantitative estimate of drug-likeness (QED) is 0.485. The first-order chi connectivity index (χ1) is 8.60. The van der Waals surface area contributed by atoms with Crippen LogP contribution >= 0.6 is 33.9 Å². The first kappa shape index (κ1) is 13.9. The van der Waals surface area contributed by atoms with E-state index in [1.165, 1.54) is 6.07 Å². The Labute approximate surface area is 121 Å². The van der Waals surface area contributed by atoms with E-state index in [1.54, 1.807) is 11.3 Å². The first-order valence-electron chi connectivity index (χ1n) is 5.24. The van der Waals surface area contributed by atoms with Crippen molar-refractivity contribution in [1.82, 2.24) is 5.43 Å². The van der Waals surface area contributed by atoms with Gasteiger partial charge in [-0.3, -0.25) is 11.3 Å². The van der Waals surface area contributed by atoms with Gasteiger partial charge in [-0.25, -0.2) is 8.78 Å². The van der Waals surface area contributed by atoms with Crippen molar-refractivity contribution < 1.29 is 8.78 Å². The van der Waals surface area contributed by atoms with Gasteiger partial charge in [0.1, 0.15) is 11.6 Å². The second kappa shape index (κ2) is 6.05. The standard InChI is InChI=1S/C12H11F2IN2S/c13-9-1-2-10(14)7(3-9)4-11(17-16)8-5-12(15)18-6-8/h1-3,5-6,11,17H,4,16H2. The van der Waals surface area contributed by atoms with Gasteiger partial charge in [-0.2, -0.15) is 0 Å². The Morgan fingerprint density at radius 3 is 2.72 bits per heavy atom. The second-order valence-electron chi connectivity index (χ2n) is 3.84. The van der Waals surface area contributed by atoms with Crippen molar-refractivity contribution in [1.29, 1.82) is 0 Å². The molecule has 1 atom stereocenters. The van der Waals surface area contributed by atoms with Gasteiger partial charge in [0.2, 0.25) is 0 Å². The molecule has 1 heterocycles. The highest BCUT2D eigenvalue weighted by atomic mass is 127. The van der Waals surface area contributed by atoms with Gasteiger partial charge in [-0.1, -0.05) is 0 Å². The molecule has 2 rings (SSSR count). The van der Waals surface area contributed by atoms with Crippen LogP contribution in [0.3, 0.4) is 0 Å². The molecule has 2 nitrogen and oxygen atoms in total. The third-order valence-corrected chi connectivity index (χ3v) is 4.43. The molecule has 3 N–H and O–H groups in total. The molecule has 96 valence electrons. The lowest BCUT2D eigenvalue weighted by molar-refractivity contribution is 0.524. The van der Waals surface area contributed by atoms with Crippen LogP contribution in [0.5, 0.6) is 0 Å². The maximum Gasteiger partial charge on any atom is 0.126 e. The fraction of sp³-hybridized carbons (Fsp3) is 0.167. The number of nitrogens with two attached hydrogens (primary N) is 1. The molecule has 1 aromatic carbocycles. The zero-order valence-corrected chi connectivity index (χ0v) is 12.3. The lowest BCUT2D eigenvalue weighted by Crippen LogP contribution is -2.29. The lowest BCUT2D eigenvalue weighted by atomic mass is 10.0. The Morgan fingerprint density at radius 1 is 1.33 bits per heavy atom. The molecule has 0 saturated carbocycles. The molecule has 0 amide bonds. The minimum Gasteiger partial charge on any atom is -0.271 e. The summed E-state index contributed by atoms with van der Waals surface area (Å²) >= 11 is 3.80. The van der Waals surface area contributed by atoms with E-state index in [2.05, 4.69) is 28.0 Å². The number of hydrazine groups is 1. The van der Waals surface area contributed by atoms with E-state index in [0.29, 0.717) is 12.0 Å². The van der Waals surface area contributed by atoms with Crippen molar-refractivity contribution in [2.24, 2.45) is 5.84 Å². The number of rotatable bonds is 4. The minimum absolute atomic E-state index is 0.221. The highest BCUT2D eigenvalue weighted by Crippen LogP contribution is 2.25. The van der Waals surface area contributed by atoms with Crippen molar-refractivity contribution in [3.8, 4) is 0 Å². The Morgan fingerprint density at radius 2 is 2.11 bits per heavy atom. The van der Waals surface area contributed by atoms with Crippen molar-refractivity contribution in [2.45, 2.75) is 12.5 Å². The highest BCUT2D eigenvalue weighted by Gasteiger charge is 2.15. The van der Waals surface area contributed by atoms with E-state index < -0.39 is 11.6 Å². The summed E-state index contributed by atoms with van der Waals surface area (Å²) < 4.78 is 27.8. The molecule has 18 heavy (non-hydrogen) atoms. The van der Waals surface area contributed by atoms with E-state index in [-0.39, 0.29) is 6.04 Å². The van der Waals surface area contributed by atoms with Crippen LogP contribution in [0.1, 0.15) is 17.2 Å². The molecule has 0 spiro atoms. The number of benzene rings is 1. The average molecular weight is 380 g/mol. The van der Waals surface area contributed by atoms with Crippen LogP contribution < -0.4 is 11.3 Å². The van der Waals surface area contributed by atoms with Gasteiger partial charge in [-0.15, -0.1) is 11.3 Å². The molecule has 1 aromatic heterocycles. The summed E-state index contributed by atoms with van der Waals surface area (Å²) in [6.45, 7) is 0. The van der Waals surface area contributed by atoms with Crippen LogP contribution in [0.4, 0.5) is 8.78 Å². The Kier molecular flexibility index (Phi) is 4.66. The number of thiophene rings is 1. The molecule has 1 unspecified atom stereocenters. The largest absolute Gasteiger partial charge is 0.271 e. The molecule has 0 aliphatic carbocycles. The average Bonchev–Trinajstić information content (AvgIpc) is 2.77. The van der Waals surface area contributed by atoms with Gasteiger partial charge in [0.25, 0.3) is 0 Å². The van der Waals surface area contributed by atoms with Gasteiger partial charge in [0.05, 0.1) is 8.93 Å². The Hall–Kier alpha value is -0.570. The highest BCUT2D eigenvalue weighted by molar-refractivity contribution is 14.1. The van der Waals surface area contributed by atoms with Crippen LogP contribution in [-0.2, 0) is 6.42 Å². The molecule has 6 heteroatoms. The van der Waals surface area contributed by atoms with E-state index in [4.69, 9.17) is 5.84 Å². The van der Waals surface area contributed by atoms with Crippen molar-refractivity contribution in [3.05, 3.63) is 55.3 Å². The van der Waals surface area contributed by atoms with E-state index in [0.717, 1.165) is 20.6 Å². The molecule has 0 saturated heterocycles. The Bertz CT molecular complexity index is 545. The summed E-state index contributed by atoms with van der Waals surface area (Å²) in [6, 6.07) is 5.21. The number of halogens is 3. The van der Waals surface area contributed by atoms with Crippen molar-refractivity contribution in [2.75, 3.05) is 0 Å².